The third kappa shape index (κ3) is 6.57. The zero-order chi connectivity index (χ0) is 24.3. The van der Waals surface area contributed by atoms with Crippen LogP contribution in [0.25, 0.3) is 0 Å². The first-order chi connectivity index (χ1) is 14.0. The van der Waals surface area contributed by atoms with E-state index >= 15 is 0 Å². The van der Waals surface area contributed by atoms with E-state index in [9.17, 15) is 14.4 Å². The molecule has 5 N–H and O–H groups in total. The van der Waals surface area contributed by atoms with Crippen LogP contribution in [0.5, 0.6) is 0 Å². The number of nitrogens with one attached hydrogen (secondary N) is 1. The van der Waals surface area contributed by atoms with Crippen molar-refractivity contribution in [1.29, 1.82) is 0 Å². The first-order valence-corrected chi connectivity index (χ1v) is 10.8. The van der Waals surface area contributed by atoms with Crippen LogP contribution in [0.2, 0.25) is 0 Å². The van der Waals surface area contributed by atoms with Crippen LogP contribution in [-0.4, -0.2) is 47.2 Å². The Labute approximate surface area is 185 Å². The van der Waals surface area contributed by atoms with Crippen molar-refractivity contribution in [2.75, 3.05) is 17.9 Å². The van der Waals surface area contributed by atoms with Crippen LogP contribution in [0.15, 0.2) is 14.7 Å². The molecule has 0 aliphatic carbocycles. The summed E-state index contributed by atoms with van der Waals surface area (Å²) in [6.45, 7) is 14.8. The molecular formula is C18H33N9O3S. The summed E-state index contributed by atoms with van der Waals surface area (Å²) in [5.74, 6) is 11.5. The Morgan fingerprint density at radius 3 is 1.97 bits per heavy atom. The van der Waals surface area contributed by atoms with Gasteiger partial charge in [-0.15, -0.1) is 20.0 Å². The first-order valence-electron chi connectivity index (χ1n) is 9.60. The minimum absolute atomic E-state index is 0.0311. The average molecular weight is 456 g/mol. The Morgan fingerprint density at radius 1 is 1.03 bits per heavy atom. The smallest absolute Gasteiger partial charge is 0.334 e. The molecule has 2 aromatic heterocycles. The van der Waals surface area contributed by atoms with E-state index in [-0.39, 0.29) is 16.9 Å². The molecule has 0 aliphatic rings. The molecule has 0 aliphatic heterocycles. The van der Waals surface area contributed by atoms with Crippen LogP contribution in [0, 0.1) is 0 Å². The van der Waals surface area contributed by atoms with Gasteiger partial charge in [-0.2, -0.15) is 9.35 Å². The number of thioether (sulfide) groups is 1. The van der Waals surface area contributed by atoms with Crippen LogP contribution in [0.4, 0.5) is 4.79 Å². The Hall–Kier alpha value is -2.83. The molecule has 2 aromatic rings. The summed E-state index contributed by atoms with van der Waals surface area (Å²) in [4.78, 5) is 35.2. The number of amides is 1. The predicted molar refractivity (Wildman–Crippen MR) is 121 cm³/mol. The lowest BCUT2D eigenvalue weighted by molar-refractivity contribution is 0.229. The summed E-state index contributed by atoms with van der Waals surface area (Å²) < 4.78 is 2.69. The molecule has 12 nitrogen and oxygen atoms in total. The summed E-state index contributed by atoms with van der Waals surface area (Å²) in [6, 6.07) is -0.575. The standard InChI is InChI=1S/C10H19N5O2.C8H14N4OS/c1-6(2)7-13-15(9(17)14(7)11)8(16)12-10(3,4)5;1-8(2,3)5-6(13)12(9)7(14-4)11-10-5/h6H,11H2,1-5H3,(H,12,16);9H2,1-4H3. The number of aromatic nitrogens is 6. The fraction of sp³-hybridized carbons (Fsp3) is 0.667. The van der Waals surface area contributed by atoms with E-state index in [0.29, 0.717) is 16.7 Å². The maximum atomic E-state index is 11.8. The van der Waals surface area contributed by atoms with E-state index < -0.39 is 17.3 Å². The van der Waals surface area contributed by atoms with E-state index in [1.54, 1.807) is 6.26 Å². The van der Waals surface area contributed by atoms with Crippen molar-refractivity contribution in [3.8, 4) is 0 Å². The Morgan fingerprint density at radius 2 is 1.58 bits per heavy atom. The number of carbonyl (C=O) groups is 1. The molecule has 0 unspecified atom stereocenters. The largest absolute Gasteiger partial charge is 0.373 e. The molecule has 174 valence electrons. The molecule has 0 saturated carbocycles. The molecule has 1 amide bonds. The molecule has 0 saturated heterocycles. The lowest BCUT2D eigenvalue weighted by Crippen LogP contribution is -2.47. The van der Waals surface area contributed by atoms with Crippen LogP contribution < -0.4 is 28.3 Å². The minimum Gasteiger partial charge on any atom is -0.334 e. The minimum atomic E-state index is -0.643. The third-order valence-electron chi connectivity index (χ3n) is 3.78. The highest BCUT2D eigenvalue weighted by molar-refractivity contribution is 7.98. The lowest BCUT2D eigenvalue weighted by Gasteiger charge is -2.19. The van der Waals surface area contributed by atoms with Crippen molar-refractivity contribution in [2.45, 2.75) is 77.4 Å². The fourth-order valence-electron chi connectivity index (χ4n) is 2.29. The molecule has 13 heteroatoms. The van der Waals surface area contributed by atoms with Gasteiger partial charge >= 0.3 is 11.7 Å². The van der Waals surface area contributed by atoms with E-state index in [1.807, 2.05) is 55.4 Å². The molecule has 0 spiro atoms. The van der Waals surface area contributed by atoms with Crippen LogP contribution in [0.1, 0.15) is 72.8 Å². The summed E-state index contributed by atoms with van der Waals surface area (Å²) in [6.07, 6.45) is 1.80. The lowest BCUT2D eigenvalue weighted by atomic mass is 9.93. The number of hydrogen-bond donors (Lipinski definition) is 3. The molecule has 2 rings (SSSR count). The molecule has 0 radical (unpaired) electrons. The highest BCUT2D eigenvalue weighted by Crippen LogP contribution is 2.16. The SMILES string of the molecule is CC(C)c1nn(C(=O)NC(C)(C)C)c(=O)n1N.CSc1nnc(C(C)(C)C)c(=O)n1N. The molecule has 0 bridgehead atoms. The Bertz CT molecular complexity index is 1040. The van der Waals surface area contributed by atoms with Crippen molar-refractivity contribution in [1.82, 2.24) is 34.6 Å². The topological polar surface area (TPSA) is 169 Å². The van der Waals surface area contributed by atoms with E-state index in [0.717, 1.165) is 14.0 Å². The molecule has 31 heavy (non-hydrogen) atoms. The number of carbonyl (C=O) groups excluding carboxylic acids is 1. The van der Waals surface area contributed by atoms with Gasteiger partial charge in [0.2, 0.25) is 5.16 Å². The van der Waals surface area contributed by atoms with Gasteiger partial charge in [0.15, 0.2) is 5.82 Å². The van der Waals surface area contributed by atoms with Gasteiger partial charge in [0.1, 0.15) is 5.69 Å². The first kappa shape index (κ1) is 26.2. The fourth-order valence-corrected chi connectivity index (χ4v) is 2.69. The number of rotatable bonds is 2. The van der Waals surface area contributed by atoms with Crippen molar-refractivity contribution in [2.24, 2.45) is 0 Å². The van der Waals surface area contributed by atoms with Gasteiger partial charge in [-0.05, 0) is 27.0 Å². The average Bonchev–Trinajstić information content (AvgIpc) is 2.91. The maximum absolute atomic E-state index is 11.8. The molecule has 0 atom stereocenters. The summed E-state index contributed by atoms with van der Waals surface area (Å²) in [5.41, 5.74) is -1.31. The molecule has 2 heterocycles. The van der Waals surface area contributed by atoms with Crippen molar-refractivity contribution >= 4 is 17.8 Å². The van der Waals surface area contributed by atoms with Crippen molar-refractivity contribution < 1.29 is 4.79 Å². The number of nitrogen functional groups attached to an aromatic ring is 2. The van der Waals surface area contributed by atoms with E-state index in [1.165, 1.54) is 11.8 Å². The van der Waals surface area contributed by atoms with Gasteiger partial charge in [0.05, 0.1) is 0 Å². The zero-order valence-corrected chi connectivity index (χ0v) is 20.4. The summed E-state index contributed by atoms with van der Waals surface area (Å²) in [7, 11) is 0. The second-order valence-corrected chi connectivity index (χ2v) is 9.99. The normalized spacial score (nSPS) is 11.8. The predicted octanol–water partition coefficient (Wildman–Crippen LogP) is 0.610. The molecular weight excluding hydrogens is 422 g/mol. The van der Waals surface area contributed by atoms with Crippen LogP contribution >= 0.6 is 11.8 Å². The molecule has 0 fully saturated rings. The summed E-state index contributed by atoms with van der Waals surface area (Å²) >= 11 is 1.29. The maximum Gasteiger partial charge on any atom is 0.373 e. The van der Waals surface area contributed by atoms with E-state index in [2.05, 4.69) is 20.6 Å². The zero-order valence-electron chi connectivity index (χ0n) is 19.5. The number of nitrogens with zero attached hydrogens (tertiary/aromatic N) is 6. The van der Waals surface area contributed by atoms with Gasteiger partial charge < -0.3 is 17.0 Å². The monoisotopic (exact) mass is 455 g/mol. The summed E-state index contributed by atoms with van der Waals surface area (Å²) in [5, 5.41) is 14.8. The van der Waals surface area contributed by atoms with Crippen molar-refractivity contribution in [3.05, 3.63) is 32.4 Å². The Kier molecular flexibility index (Phi) is 8.06. The van der Waals surface area contributed by atoms with Gasteiger partial charge in [0, 0.05) is 16.9 Å². The second kappa shape index (κ2) is 9.54. The van der Waals surface area contributed by atoms with Gasteiger partial charge in [-0.1, -0.05) is 46.4 Å². The third-order valence-corrected chi connectivity index (χ3v) is 4.43. The highest BCUT2D eigenvalue weighted by Gasteiger charge is 2.23. The van der Waals surface area contributed by atoms with Gasteiger partial charge in [0.25, 0.3) is 5.56 Å². The van der Waals surface area contributed by atoms with Crippen molar-refractivity contribution in [3.63, 3.8) is 0 Å². The van der Waals surface area contributed by atoms with Gasteiger partial charge in [-0.3, -0.25) is 4.79 Å². The highest BCUT2D eigenvalue weighted by atomic mass is 32.2. The quantitative estimate of drug-likeness (QED) is 0.434. The molecule has 0 aromatic carbocycles. The van der Waals surface area contributed by atoms with Gasteiger partial charge in [-0.25, -0.2) is 9.59 Å². The Balaban J connectivity index is 0.000000316. The number of hydrogen-bond acceptors (Lipinski definition) is 9. The van der Waals surface area contributed by atoms with Crippen LogP contribution in [-0.2, 0) is 5.41 Å². The van der Waals surface area contributed by atoms with Crippen LogP contribution in [0.3, 0.4) is 0 Å². The van der Waals surface area contributed by atoms with E-state index in [4.69, 9.17) is 11.7 Å². The number of nitrogens with two attached hydrogens (primary N) is 2. The second-order valence-electron chi connectivity index (χ2n) is 9.22.